The van der Waals surface area contributed by atoms with E-state index in [2.05, 4.69) is 5.32 Å². The molecule has 122 valence electrons. The van der Waals surface area contributed by atoms with Crippen molar-refractivity contribution in [3.63, 3.8) is 0 Å². The van der Waals surface area contributed by atoms with Crippen LogP contribution in [0.25, 0.3) is 0 Å². The summed E-state index contributed by atoms with van der Waals surface area (Å²) in [6, 6.07) is 3.42. The van der Waals surface area contributed by atoms with Gasteiger partial charge in [-0.25, -0.2) is 13.6 Å². The maximum Gasteiger partial charge on any atom is 0.271 e. The number of nitrogens with one attached hydrogen (secondary N) is 1. The van der Waals surface area contributed by atoms with Crippen LogP contribution in [-0.4, -0.2) is 33.1 Å². The highest BCUT2D eigenvalue weighted by Crippen LogP contribution is 2.29. The normalized spacial score (nSPS) is 14.8. The Morgan fingerprint density at radius 1 is 1.41 bits per heavy atom. The van der Waals surface area contributed by atoms with Crippen LogP contribution in [0.2, 0.25) is 0 Å². The van der Waals surface area contributed by atoms with Crippen LogP contribution in [0.15, 0.2) is 23.1 Å². The third-order valence-corrected chi connectivity index (χ3v) is 4.28. The summed E-state index contributed by atoms with van der Waals surface area (Å²) in [7, 11) is -3.94. The number of anilines is 1. The first kappa shape index (κ1) is 16.7. The van der Waals surface area contributed by atoms with Gasteiger partial charge in [-0.2, -0.15) is 0 Å². The molecule has 0 saturated heterocycles. The Hall–Kier alpha value is -1.71. The largest absolute Gasteiger partial charge is 0.384 e. The average molecular weight is 329 g/mol. The van der Waals surface area contributed by atoms with E-state index in [1.54, 1.807) is 0 Å². The maximum atomic E-state index is 11.5. The van der Waals surface area contributed by atoms with Crippen molar-refractivity contribution in [2.75, 3.05) is 25.1 Å². The molecule has 8 nitrogen and oxygen atoms in total. The number of ether oxygens (including phenoxy) is 1. The lowest BCUT2D eigenvalue weighted by Crippen LogP contribution is -2.16. The zero-order valence-corrected chi connectivity index (χ0v) is 12.8. The Morgan fingerprint density at radius 2 is 2.14 bits per heavy atom. The molecule has 0 heterocycles. The zero-order chi connectivity index (χ0) is 16.2. The Labute approximate surface area is 128 Å². The molecule has 1 fully saturated rings. The molecule has 1 saturated carbocycles. The second-order valence-corrected chi connectivity index (χ2v) is 6.81. The van der Waals surface area contributed by atoms with Crippen molar-refractivity contribution in [1.82, 2.24) is 0 Å². The van der Waals surface area contributed by atoms with Crippen molar-refractivity contribution < 1.29 is 18.1 Å². The highest BCUT2D eigenvalue weighted by atomic mass is 32.2. The van der Waals surface area contributed by atoms with Crippen LogP contribution in [0.1, 0.15) is 19.3 Å². The number of nitrogens with two attached hydrogens (primary N) is 1. The van der Waals surface area contributed by atoms with E-state index < -0.39 is 14.9 Å². The maximum absolute atomic E-state index is 11.5. The van der Waals surface area contributed by atoms with Gasteiger partial charge >= 0.3 is 0 Å². The van der Waals surface area contributed by atoms with Crippen LogP contribution in [0.4, 0.5) is 11.4 Å². The molecule has 22 heavy (non-hydrogen) atoms. The summed E-state index contributed by atoms with van der Waals surface area (Å²) in [5.41, 5.74) is -0.0567. The fourth-order valence-corrected chi connectivity index (χ4v) is 2.64. The third-order valence-electron chi connectivity index (χ3n) is 3.31. The van der Waals surface area contributed by atoms with Gasteiger partial charge in [-0.3, -0.25) is 10.1 Å². The molecule has 0 aliphatic heterocycles. The Kier molecular flexibility index (Phi) is 5.33. The van der Waals surface area contributed by atoms with E-state index in [0.29, 0.717) is 25.5 Å². The van der Waals surface area contributed by atoms with E-state index >= 15 is 0 Å². The summed E-state index contributed by atoms with van der Waals surface area (Å²) in [5, 5.41) is 18.8. The molecule has 0 amide bonds. The molecular formula is C13H19N3O5S. The third kappa shape index (κ3) is 4.93. The number of hydrogen-bond acceptors (Lipinski definition) is 6. The molecular weight excluding hydrogens is 310 g/mol. The molecule has 1 aliphatic rings. The minimum atomic E-state index is -3.94. The average Bonchev–Trinajstić information content (AvgIpc) is 3.25. The summed E-state index contributed by atoms with van der Waals surface area (Å²) in [4.78, 5) is 10.0. The van der Waals surface area contributed by atoms with Gasteiger partial charge in [-0.15, -0.1) is 0 Å². The molecule has 0 unspecified atom stereocenters. The molecule has 9 heteroatoms. The molecule has 0 radical (unpaired) electrons. The van der Waals surface area contributed by atoms with Crippen LogP contribution in [-0.2, 0) is 14.8 Å². The molecule has 0 aromatic heterocycles. The van der Waals surface area contributed by atoms with Crippen molar-refractivity contribution in [3.8, 4) is 0 Å². The van der Waals surface area contributed by atoms with Crippen molar-refractivity contribution >= 4 is 21.4 Å². The van der Waals surface area contributed by atoms with Gasteiger partial charge in [-0.1, -0.05) is 0 Å². The van der Waals surface area contributed by atoms with Crippen molar-refractivity contribution in [2.24, 2.45) is 11.1 Å². The van der Waals surface area contributed by atoms with E-state index in [1.807, 2.05) is 0 Å². The minimum absolute atomic E-state index is 0.138. The minimum Gasteiger partial charge on any atom is -0.384 e. The molecule has 2 rings (SSSR count). The Bertz CT molecular complexity index is 643. The number of hydrogen-bond donors (Lipinski definition) is 2. The first-order valence-corrected chi connectivity index (χ1v) is 8.55. The Morgan fingerprint density at radius 3 is 2.73 bits per heavy atom. The second-order valence-electron chi connectivity index (χ2n) is 5.28. The van der Waals surface area contributed by atoms with Crippen LogP contribution in [0.5, 0.6) is 0 Å². The van der Waals surface area contributed by atoms with Crippen molar-refractivity contribution in [2.45, 2.75) is 24.2 Å². The summed E-state index contributed by atoms with van der Waals surface area (Å²) < 4.78 is 28.5. The number of rotatable bonds is 9. The van der Waals surface area contributed by atoms with Gasteiger partial charge in [0, 0.05) is 31.9 Å². The zero-order valence-electron chi connectivity index (χ0n) is 12.0. The number of nitro benzene ring substituents is 1. The smallest absolute Gasteiger partial charge is 0.271 e. The predicted octanol–water partition coefficient (Wildman–Crippen LogP) is 1.47. The van der Waals surface area contributed by atoms with Gasteiger partial charge in [0.2, 0.25) is 10.0 Å². The monoisotopic (exact) mass is 329 g/mol. The van der Waals surface area contributed by atoms with Gasteiger partial charge < -0.3 is 10.1 Å². The topological polar surface area (TPSA) is 125 Å². The molecule has 1 aromatic carbocycles. The number of benzene rings is 1. The van der Waals surface area contributed by atoms with Gasteiger partial charge in [0.05, 0.1) is 10.6 Å². The highest BCUT2D eigenvalue weighted by Gasteiger charge is 2.21. The quantitative estimate of drug-likeness (QED) is 0.401. The van der Waals surface area contributed by atoms with Crippen LogP contribution in [0, 0.1) is 16.0 Å². The fourth-order valence-electron chi connectivity index (χ4n) is 1.95. The van der Waals surface area contributed by atoms with Gasteiger partial charge in [-0.05, 0) is 31.2 Å². The molecule has 0 bridgehead atoms. The summed E-state index contributed by atoms with van der Waals surface area (Å²) in [5.74, 6) is 0.693. The van der Waals surface area contributed by atoms with Crippen molar-refractivity contribution in [3.05, 3.63) is 28.3 Å². The number of non-ortho nitro benzene ring substituents is 1. The fraction of sp³-hybridized carbons (Fsp3) is 0.538. The van der Waals surface area contributed by atoms with E-state index in [4.69, 9.17) is 9.88 Å². The van der Waals surface area contributed by atoms with Crippen molar-refractivity contribution in [1.29, 1.82) is 0 Å². The van der Waals surface area contributed by atoms with E-state index in [-0.39, 0.29) is 16.3 Å². The number of sulfonamides is 1. The SMILES string of the molecule is NS(=O)(=O)c1ccc([N+](=O)[O-])cc1NCCCOCC1CC1. The molecule has 3 N–H and O–H groups in total. The first-order valence-electron chi connectivity index (χ1n) is 7.01. The number of nitrogens with zero attached hydrogens (tertiary/aromatic N) is 1. The van der Waals surface area contributed by atoms with E-state index in [0.717, 1.165) is 18.7 Å². The summed E-state index contributed by atoms with van der Waals surface area (Å²) in [6.07, 6.45) is 3.12. The van der Waals surface area contributed by atoms with Gasteiger partial charge in [0.25, 0.3) is 5.69 Å². The number of nitro groups is 1. The lowest BCUT2D eigenvalue weighted by molar-refractivity contribution is -0.384. The van der Waals surface area contributed by atoms with Crippen LogP contribution >= 0.6 is 0 Å². The lowest BCUT2D eigenvalue weighted by Gasteiger charge is -2.10. The number of primary sulfonamides is 1. The lowest BCUT2D eigenvalue weighted by atomic mass is 10.2. The molecule has 0 spiro atoms. The second kappa shape index (κ2) is 7.03. The molecule has 1 aliphatic carbocycles. The predicted molar refractivity (Wildman–Crippen MR) is 81.1 cm³/mol. The van der Waals surface area contributed by atoms with Crippen LogP contribution < -0.4 is 10.5 Å². The Balaban J connectivity index is 1.93. The molecule has 1 aromatic rings. The highest BCUT2D eigenvalue weighted by molar-refractivity contribution is 7.89. The molecule has 0 atom stereocenters. The standard InChI is InChI=1S/C13H19N3O5S/c14-22(19,20)13-5-4-11(16(17)18)8-12(13)15-6-1-7-21-9-10-2-3-10/h4-5,8,10,15H,1-3,6-7,9H2,(H2,14,19,20). The van der Waals surface area contributed by atoms with Crippen LogP contribution in [0.3, 0.4) is 0 Å². The summed E-state index contributed by atoms with van der Waals surface area (Å²) >= 11 is 0. The van der Waals surface area contributed by atoms with Gasteiger partial charge in [0.1, 0.15) is 4.90 Å². The van der Waals surface area contributed by atoms with E-state index in [1.165, 1.54) is 18.9 Å². The van der Waals surface area contributed by atoms with Gasteiger partial charge in [0.15, 0.2) is 0 Å². The summed E-state index contributed by atoms with van der Waals surface area (Å²) in [6.45, 7) is 1.76. The first-order chi connectivity index (χ1) is 10.4. The van der Waals surface area contributed by atoms with E-state index in [9.17, 15) is 18.5 Å².